The van der Waals surface area contributed by atoms with Gasteiger partial charge in [0.15, 0.2) is 0 Å². The molecule has 0 aromatic carbocycles. The lowest BCUT2D eigenvalue weighted by Gasteiger charge is -2.27. The van der Waals surface area contributed by atoms with Crippen molar-refractivity contribution in [3.8, 4) is 0 Å². The lowest BCUT2D eigenvalue weighted by Crippen LogP contribution is -2.41. The van der Waals surface area contributed by atoms with E-state index in [1.807, 2.05) is 20.8 Å². The zero-order valence-electron chi connectivity index (χ0n) is 12.8. The molecule has 5 heteroatoms. The van der Waals surface area contributed by atoms with Crippen LogP contribution < -0.4 is 11.1 Å². The Balaban J connectivity index is 2.46. The molecule has 5 nitrogen and oxygen atoms in total. The van der Waals surface area contributed by atoms with Crippen LogP contribution in [-0.2, 0) is 9.59 Å². The van der Waals surface area contributed by atoms with E-state index in [4.69, 9.17) is 5.73 Å². The van der Waals surface area contributed by atoms with Gasteiger partial charge in [0.05, 0.1) is 5.92 Å². The topological polar surface area (TPSA) is 92.4 Å². The van der Waals surface area contributed by atoms with Crippen molar-refractivity contribution in [2.24, 2.45) is 23.0 Å². The van der Waals surface area contributed by atoms with Gasteiger partial charge in [-0.15, -0.1) is 0 Å². The predicted octanol–water partition coefficient (Wildman–Crippen LogP) is 1.76. The zero-order valence-corrected chi connectivity index (χ0v) is 12.8. The molecular weight excluding hydrogens is 256 g/mol. The molecule has 0 saturated heterocycles. The normalized spacial score (nSPS) is 25.0. The van der Waals surface area contributed by atoms with Crippen LogP contribution in [0.4, 0.5) is 0 Å². The summed E-state index contributed by atoms with van der Waals surface area (Å²) in [7, 11) is 0. The van der Waals surface area contributed by atoms with Gasteiger partial charge in [0, 0.05) is 18.5 Å². The van der Waals surface area contributed by atoms with Crippen LogP contribution in [0, 0.1) is 17.3 Å². The lowest BCUT2D eigenvalue weighted by atomic mass is 9.84. The van der Waals surface area contributed by atoms with Crippen LogP contribution in [0.2, 0.25) is 0 Å². The quantitative estimate of drug-likeness (QED) is 0.717. The summed E-state index contributed by atoms with van der Waals surface area (Å²) < 4.78 is 0. The highest BCUT2D eigenvalue weighted by Crippen LogP contribution is 2.25. The first-order valence-electron chi connectivity index (χ1n) is 7.45. The monoisotopic (exact) mass is 284 g/mol. The molecule has 1 saturated carbocycles. The third-order valence-electron chi connectivity index (χ3n) is 3.82. The Morgan fingerprint density at radius 3 is 2.50 bits per heavy atom. The molecule has 3 atom stereocenters. The molecule has 0 aromatic heterocycles. The summed E-state index contributed by atoms with van der Waals surface area (Å²) in [5.74, 6) is -1.47. The minimum absolute atomic E-state index is 0.0414. The maximum atomic E-state index is 12.1. The van der Waals surface area contributed by atoms with Gasteiger partial charge in [-0.2, -0.15) is 0 Å². The van der Waals surface area contributed by atoms with Crippen LogP contribution in [0.25, 0.3) is 0 Å². The molecule has 0 aliphatic heterocycles. The van der Waals surface area contributed by atoms with Crippen LogP contribution in [0.3, 0.4) is 0 Å². The summed E-state index contributed by atoms with van der Waals surface area (Å²) >= 11 is 0. The smallest absolute Gasteiger partial charge is 0.308 e. The Morgan fingerprint density at radius 2 is 2.00 bits per heavy atom. The molecule has 0 heterocycles. The summed E-state index contributed by atoms with van der Waals surface area (Å²) in [6.45, 7) is 6.22. The number of carboxylic acid groups (broad SMARTS) is 1. The van der Waals surface area contributed by atoms with Crippen molar-refractivity contribution < 1.29 is 14.7 Å². The minimum atomic E-state index is -0.847. The first-order chi connectivity index (χ1) is 9.19. The average molecular weight is 284 g/mol. The highest BCUT2D eigenvalue weighted by Gasteiger charge is 2.28. The third-order valence-corrected chi connectivity index (χ3v) is 3.82. The summed E-state index contributed by atoms with van der Waals surface area (Å²) in [6.07, 6.45) is 4.07. The number of nitrogens with one attached hydrogen (secondary N) is 1. The molecule has 1 aliphatic carbocycles. The number of carbonyl (C=O) groups is 2. The van der Waals surface area contributed by atoms with E-state index in [9.17, 15) is 14.7 Å². The van der Waals surface area contributed by atoms with Crippen molar-refractivity contribution in [2.45, 2.75) is 58.9 Å². The molecular formula is C15H28N2O3. The number of carboxylic acids is 1. The summed E-state index contributed by atoms with van der Waals surface area (Å²) in [5.41, 5.74) is 5.81. The fourth-order valence-electron chi connectivity index (χ4n) is 2.82. The van der Waals surface area contributed by atoms with Gasteiger partial charge in [-0.25, -0.2) is 0 Å². The molecule has 116 valence electrons. The Kier molecular flexibility index (Phi) is 5.99. The van der Waals surface area contributed by atoms with Gasteiger partial charge >= 0.3 is 5.97 Å². The van der Waals surface area contributed by atoms with Crippen LogP contribution >= 0.6 is 0 Å². The molecule has 1 fully saturated rings. The fraction of sp³-hybridized carbons (Fsp3) is 0.867. The van der Waals surface area contributed by atoms with E-state index < -0.39 is 11.9 Å². The van der Waals surface area contributed by atoms with Crippen molar-refractivity contribution in [1.82, 2.24) is 5.32 Å². The molecule has 0 radical (unpaired) electrons. The number of nitrogens with two attached hydrogens (primary N) is 1. The van der Waals surface area contributed by atoms with Crippen LogP contribution in [0.15, 0.2) is 0 Å². The number of amides is 1. The molecule has 0 bridgehead atoms. The Morgan fingerprint density at radius 1 is 1.35 bits per heavy atom. The molecule has 0 aromatic rings. The minimum Gasteiger partial charge on any atom is -0.481 e. The van der Waals surface area contributed by atoms with E-state index >= 15 is 0 Å². The van der Waals surface area contributed by atoms with Gasteiger partial charge in [0.2, 0.25) is 5.91 Å². The van der Waals surface area contributed by atoms with Gasteiger partial charge in [-0.1, -0.05) is 27.2 Å². The van der Waals surface area contributed by atoms with Crippen molar-refractivity contribution in [2.75, 3.05) is 6.54 Å². The Labute approximate surface area is 121 Å². The van der Waals surface area contributed by atoms with Crippen molar-refractivity contribution in [1.29, 1.82) is 0 Å². The van der Waals surface area contributed by atoms with Crippen LogP contribution in [-0.4, -0.2) is 29.6 Å². The van der Waals surface area contributed by atoms with E-state index in [1.165, 1.54) is 0 Å². The second-order valence-electron chi connectivity index (χ2n) is 7.17. The SMILES string of the molecule is CC(C)(C)CC(CNC(=O)C1CCCC(N)C1)C(=O)O. The third kappa shape index (κ3) is 5.90. The lowest BCUT2D eigenvalue weighted by molar-refractivity contribution is -0.142. The molecule has 1 amide bonds. The van der Waals surface area contributed by atoms with E-state index in [-0.39, 0.29) is 29.8 Å². The summed E-state index contributed by atoms with van der Waals surface area (Å²) in [4.78, 5) is 23.3. The molecule has 3 unspecified atom stereocenters. The second-order valence-corrected chi connectivity index (χ2v) is 7.17. The van der Waals surface area contributed by atoms with Gasteiger partial charge in [0.25, 0.3) is 0 Å². The van der Waals surface area contributed by atoms with Crippen LogP contribution in [0.1, 0.15) is 52.9 Å². The average Bonchev–Trinajstić information content (AvgIpc) is 2.32. The Bertz CT molecular complexity index is 350. The van der Waals surface area contributed by atoms with Crippen molar-refractivity contribution in [3.63, 3.8) is 0 Å². The second kappa shape index (κ2) is 7.07. The predicted molar refractivity (Wildman–Crippen MR) is 78.1 cm³/mol. The number of hydrogen-bond acceptors (Lipinski definition) is 3. The number of hydrogen-bond donors (Lipinski definition) is 3. The fourth-order valence-corrected chi connectivity index (χ4v) is 2.82. The first-order valence-corrected chi connectivity index (χ1v) is 7.45. The van der Waals surface area contributed by atoms with E-state index in [1.54, 1.807) is 0 Å². The Hall–Kier alpha value is -1.10. The molecule has 1 aliphatic rings. The maximum absolute atomic E-state index is 12.1. The maximum Gasteiger partial charge on any atom is 0.308 e. The summed E-state index contributed by atoms with van der Waals surface area (Å²) in [6, 6.07) is 0.101. The highest BCUT2D eigenvalue weighted by molar-refractivity contribution is 5.79. The van der Waals surface area contributed by atoms with Crippen LogP contribution in [0.5, 0.6) is 0 Å². The van der Waals surface area contributed by atoms with Gasteiger partial charge < -0.3 is 16.2 Å². The molecule has 0 spiro atoms. The number of aliphatic carboxylic acids is 1. The van der Waals surface area contributed by atoms with E-state index in [0.717, 1.165) is 19.3 Å². The van der Waals surface area contributed by atoms with Gasteiger partial charge in [-0.05, 0) is 31.1 Å². The van der Waals surface area contributed by atoms with Gasteiger partial charge in [-0.3, -0.25) is 9.59 Å². The highest BCUT2D eigenvalue weighted by atomic mass is 16.4. The van der Waals surface area contributed by atoms with Gasteiger partial charge in [0.1, 0.15) is 0 Å². The molecule has 4 N–H and O–H groups in total. The zero-order chi connectivity index (χ0) is 15.3. The first kappa shape index (κ1) is 17.0. The van der Waals surface area contributed by atoms with Crippen molar-refractivity contribution in [3.05, 3.63) is 0 Å². The number of rotatable bonds is 5. The molecule has 20 heavy (non-hydrogen) atoms. The van der Waals surface area contributed by atoms with E-state index in [2.05, 4.69) is 5.32 Å². The summed E-state index contributed by atoms with van der Waals surface area (Å²) in [5, 5.41) is 12.0. The van der Waals surface area contributed by atoms with E-state index in [0.29, 0.717) is 12.8 Å². The largest absolute Gasteiger partial charge is 0.481 e. The molecule has 1 rings (SSSR count). The number of carbonyl (C=O) groups excluding carboxylic acids is 1. The van der Waals surface area contributed by atoms with Crippen molar-refractivity contribution >= 4 is 11.9 Å². The standard InChI is InChI=1S/C15H28N2O3/c1-15(2,3)8-11(14(19)20)9-17-13(18)10-5-4-6-12(16)7-10/h10-12H,4-9,16H2,1-3H3,(H,17,18)(H,19,20).